The minimum Gasteiger partial charge on any atom is -0.339 e. The Morgan fingerprint density at radius 2 is 2.00 bits per heavy atom. The average Bonchev–Trinajstić information content (AvgIpc) is 2.36. The van der Waals surface area contributed by atoms with Crippen molar-refractivity contribution in [3.63, 3.8) is 0 Å². The molecule has 0 spiro atoms. The molecule has 0 aliphatic heterocycles. The fraction of sp³-hybridized carbons (Fsp3) is 0.462. The molecule has 0 N–H and O–H groups in total. The van der Waals surface area contributed by atoms with Gasteiger partial charge in [-0.05, 0) is 25.0 Å². The van der Waals surface area contributed by atoms with Gasteiger partial charge in [0.2, 0.25) is 0 Å². The highest BCUT2D eigenvalue weighted by molar-refractivity contribution is 9.10. The van der Waals surface area contributed by atoms with Crippen molar-refractivity contribution in [3.05, 3.63) is 28.0 Å². The fourth-order valence-corrected chi connectivity index (χ4v) is 3.40. The standard InChI is InChI=1S/C13H16BrClFNO3S/c1-4-17(7-8(2)3)13(18)10-5-9(14)6-11(12(10)16)21(15,19)20/h5-6,8H,4,7H2,1-3H3. The van der Waals surface area contributed by atoms with Gasteiger partial charge in [-0.3, -0.25) is 4.79 Å². The summed E-state index contributed by atoms with van der Waals surface area (Å²) in [7, 11) is 0.926. The second kappa shape index (κ2) is 7.07. The zero-order valence-corrected chi connectivity index (χ0v) is 15.0. The molecule has 0 heterocycles. The summed E-state index contributed by atoms with van der Waals surface area (Å²) in [4.78, 5) is 13.1. The quantitative estimate of drug-likeness (QED) is 0.709. The van der Waals surface area contributed by atoms with Crippen LogP contribution in [-0.2, 0) is 9.05 Å². The molecule has 1 aromatic rings. The summed E-state index contributed by atoms with van der Waals surface area (Å²) in [6.07, 6.45) is 0. The fourth-order valence-electron chi connectivity index (χ4n) is 1.86. The third-order valence-corrected chi connectivity index (χ3v) is 4.53. The second-order valence-corrected chi connectivity index (χ2v) is 8.39. The van der Waals surface area contributed by atoms with Crippen LogP contribution in [0.3, 0.4) is 0 Å². The molecule has 0 unspecified atom stereocenters. The molecule has 0 saturated carbocycles. The van der Waals surface area contributed by atoms with Gasteiger partial charge in [-0.25, -0.2) is 12.8 Å². The summed E-state index contributed by atoms with van der Waals surface area (Å²) in [5, 5.41) is 0. The zero-order valence-electron chi connectivity index (χ0n) is 11.9. The van der Waals surface area contributed by atoms with Crippen LogP contribution in [0.25, 0.3) is 0 Å². The van der Waals surface area contributed by atoms with Gasteiger partial charge >= 0.3 is 0 Å². The first-order valence-electron chi connectivity index (χ1n) is 6.30. The van der Waals surface area contributed by atoms with Crippen LogP contribution in [0.15, 0.2) is 21.5 Å². The van der Waals surface area contributed by atoms with Crippen LogP contribution in [0.4, 0.5) is 4.39 Å². The number of carbonyl (C=O) groups excluding carboxylic acids is 1. The lowest BCUT2D eigenvalue weighted by molar-refractivity contribution is 0.0740. The van der Waals surface area contributed by atoms with E-state index in [2.05, 4.69) is 15.9 Å². The summed E-state index contributed by atoms with van der Waals surface area (Å²) < 4.78 is 37.3. The van der Waals surface area contributed by atoms with Crippen molar-refractivity contribution < 1.29 is 17.6 Å². The summed E-state index contributed by atoms with van der Waals surface area (Å²) >= 11 is 3.07. The molecule has 8 heteroatoms. The maximum atomic E-state index is 14.3. The molecular formula is C13H16BrClFNO3S. The van der Waals surface area contributed by atoms with Gasteiger partial charge < -0.3 is 4.90 Å². The first-order valence-corrected chi connectivity index (χ1v) is 9.41. The van der Waals surface area contributed by atoms with Gasteiger partial charge in [-0.15, -0.1) is 0 Å². The van der Waals surface area contributed by atoms with E-state index in [-0.39, 0.29) is 16.0 Å². The van der Waals surface area contributed by atoms with Gasteiger partial charge in [0.1, 0.15) is 4.90 Å². The maximum Gasteiger partial charge on any atom is 0.264 e. The van der Waals surface area contributed by atoms with Crippen molar-refractivity contribution >= 4 is 41.6 Å². The number of hydrogen-bond donors (Lipinski definition) is 0. The van der Waals surface area contributed by atoms with Gasteiger partial charge in [-0.1, -0.05) is 29.8 Å². The van der Waals surface area contributed by atoms with E-state index in [1.807, 2.05) is 13.8 Å². The molecule has 0 bridgehead atoms. The highest BCUT2D eigenvalue weighted by atomic mass is 79.9. The molecule has 0 aromatic heterocycles. The van der Waals surface area contributed by atoms with Gasteiger partial charge in [0, 0.05) is 28.2 Å². The van der Waals surface area contributed by atoms with Crippen LogP contribution in [0, 0.1) is 11.7 Å². The molecule has 1 aromatic carbocycles. The van der Waals surface area contributed by atoms with E-state index in [1.54, 1.807) is 6.92 Å². The molecule has 118 valence electrons. The summed E-state index contributed by atoms with van der Waals surface area (Å²) in [6.45, 7) is 6.48. The number of benzene rings is 1. The molecule has 0 fully saturated rings. The first kappa shape index (κ1) is 18.4. The van der Waals surface area contributed by atoms with Gasteiger partial charge in [0.25, 0.3) is 15.0 Å². The highest BCUT2D eigenvalue weighted by Crippen LogP contribution is 2.27. The Balaban J connectivity index is 3.36. The summed E-state index contributed by atoms with van der Waals surface area (Å²) in [6, 6.07) is 2.29. The predicted molar refractivity (Wildman–Crippen MR) is 83.6 cm³/mol. The van der Waals surface area contributed by atoms with Crippen molar-refractivity contribution in [2.75, 3.05) is 13.1 Å². The van der Waals surface area contributed by atoms with Crippen LogP contribution >= 0.6 is 26.6 Å². The van der Waals surface area contributed by atoms with Crippen molar-refractivity contribution in [2.45, 2.75) is 25.7 Å². The van der Waals surface area contributed by atoms with Gasteiger partial charge in [0.05, 0.1) is 5.56 Å². The lowest BCUT2D eigenvalue weighted by Crippen LogP contribution is -2.34. The van der Waals surface area contributed by atoms with E-state index in [1.165, 1.54) is 11.0 Å². The Hall–Kier alpha value is -0.660. The molecule has 4 nitrogen and oxygen atoms in total. The predicted octanol–water partition coefficient (Wildman–Crippen LogP) is 3.63. The van der Waals surface area contributed by atoms with Crippen molar-refractivity contribution in [1.29, 1.82) is 0 Å². The molecule has 0 atom stereocenters. The molecule has 21 heavy (non-hydrogen) atoms. The molecule has 0 saturated heterocycles. The smallest absolute Gasteiger partial charge is 0.264 e. The Labute approximate surface area is 136 Å². The second-order valence-electron chi connectivity index (χ2n) is 4.94. The van der Waals surface area contributed by atoms with Crippen LogP contribution in [0.1, 0.15) is 31.1 Å². The Bertz CT molecular complexity index is 649. The Kier molecular flexibility index (Phi) is 6.19. The molecule has 1 rings (SSSR count). The number of nitrogens with zero attached hydrogens (tertiary/aromatic N) is 1. The highest BCUT2D eigenvalue weighted by Gasteiger charge is 2.26. The first-order chi connectivity index (χ1) is 9.57. The minimum atomic E-state index is -4.27. The maximum absolute atomic E-state index is 14.3. The molecular weight excluding hydrogens is 385 g/mol. The van der Waals surface area contributed by atoms with Crippen molar-refractivity contribution in [2.24, 2.45) is 5.92 Å². The zero-order chi connectivity index (χ0) is 16.4. The van der Waals surface area contributed by atoms with E-state index in [0.717, 1.165) is 6.07 Å². The van der Waals surface area contributed by atoms with E-state index in [0.29, 0.717) is 13.1 Å². The van der Waals surface area contributed by atoms with Crippen molar-refractivity contribution in [3.8, 4) is 0 Å². The lowest BCUT2D eigenvalue weighted by Gasteiger charge is -2.23. The minimum absolute atomic E-state index is 0.209. The summed E-state index contributed by atoms with van der Waals surface area (Å²) in [5.41, 5.74) is -0.314. The van der Waals surface area contributed by atoms with E-state index in [9.17, 15) is 17.6 Å². The van der Waals surface area contributed by atoms with E-state index >= 15 is 0 Å². The molecule has 0 aliphatic rings. The van der Waals surface area contributed by atoms with Crippen LogP contribution < -0.4 is 0 Å². The van der Waals surface area contributed by atoms with Crippen LogP contribution in [0.2, 0.25) is 0 Å². The van der Waals surface area contributed by atoms with Crippen molar-refractivity contribution in [1.82, 2.24) is 4.90 Å². The number of carbonyl (C=O) groups is 1. The number of hydrogen-bond acceptors (Lipinski definition) is 3. The molecule has 0 aliphatic carbocycles. The number of amides is 1. The third kappa shape index (κ3) is 4.66. The normalized spacial score (nSPS) is 11.8. The van der Waals surface area contributed by atoms with Crippen LogP contribution in [-0.4, -0.2) is 32.3 Å². The van der Waals surface area contributed by atoms with Crippen LogP contribution in [0.5, 0.6) is 0 Å². The largest absolute Gasteiger partial charge is 0.339 e. The lowest BCUT2D eigenvalue weighted by atomic mass is 10.1. The van der Waals surface area contributed by atoms with Gasteiger partial charge in [0.15, 0.2) is 5.82 Å². The van der Waals surface area contributed by atoms with E-state index in [4.69, 9.17) is 10.7 Å². The monoisotopic (exact) mass is 399 g/mol. The van der Waals surface area contributed by atoms with E-state index < -0.39 is 25.7 Å². The third-order valence-electron chi connectivity index (χ3n) is 2.75. The number of halogens is 3. The Morgan fingerprint density at radius 3 is 2.43 bits per heavy atom. The average molecular weight is 401 g/mol. The SMILES string of the molecule is CCN(CC(C)C)C(=O)c1cc(Br)cc(S(=O)(=O)Cl)c1F. The summed E-state index contributed by atoms with van der Waals surface area (Å²) in [5.74, 6) is -1.48. The number of rotatable bonds is 5. The molecule has 0 radical (unpaired) electrons. The topological polar surface area (TPSA) is 54.5 Å². The van der Waals surface area contributed by atoms with Gasteiger partial charge in [-0.2, -0.15) is 0 Å². The molecule has 1 amide bonds. The Morgan fingerprint density at radius 1 is 1.43 bits per heavy atom.